The molecule has 116 valence electrons. The Morgan fingerprint density at radius 3 is 2.86 bits per heavy atom. The van der Waals surface area contributed by atoms with Gasteiger partial charge < -0.3 is 4.52 Å². The zero-order chi connectivity index (χ0) is 15.6. The van der Waals surface area contributed by atoms with Gasteiger partial charge in [0.2, 0.25) is 15.9 Å². The molecule has 8 heteroatoms. The second kappa shape index (κ2) is 6.20. The lowest BCUT2D eigenvalue weighted by Gasteiger charge is -2.00. The van der Waals surface area contributed by atoms with Gasteiger partial charge in [-0.3, -0.25) is 0 Å². The van der Waals surface area contributed by atoms with Crippen LogP contribution in [0.25, 0.3) is 6.08 Å². The molecule has 1 heterocycles. The van der Waals surface area contributed by atoms with Gasteiger partial charge in [0.15, 0.2) is 5.82 Å². The summed E-state index contributed by atoms with van der Waals surface area (Å²) in [6.07, 6.45) is 3.56. The summed E-state index contributed by atoms with van der Waals surface area (Å²) in [5, 5.41) is 5.38. The number of benzene rings is 1. The van der Waals surface area contributed by atoms with Crippen LogP contribution < -0.4 is 4.72 Å². The topological polar surface area (TPSA) is 85.1 Å². The van der Waals surface area contributed by atoms with Crippen LogP contribution in [0.4, 0.5) is 0 Å². The summed E-state index contributed by atoms with van der Waals surface area (Å²) in [6.45, 7) is -0.0328. The Kier molecular flexibility index (Phi) is 4.28. The van der Waals surface area contributed by atoms with E-state index in [9.17, 15) is 8.42 Å². The molecule has 1 aromatic heterocycles. The van der Waals surface area contributed by atoms with Crippen LogP contribution in [0.15, 0.2) is 34.2 Å². The van der Waals surface area contributed by atoms with E-state index in [1.54, 1.807) is 24.3 Å². The van der Waals surface area contributed by atoms with Crippen LogP contribution in [0.1, 0.15) is 36.0 Å². The van der Waals surface area contributed by atoms with Gasteiger partial charge in [-0.15, -0.1) is 0 Å². The summed E-state index contributed by atoms with van der Waals surface area (Å²) in [6, 6.07) is 6.98. The zero-order valence-electron chi connectivity index (χ0n) is 11.6. The smallest absolute Gasteiger partial charge is 0.241 e. The van der Waals surface area contributed by atoms with Crippen molar-refractivity contribution < 1.29 is 12.9 Å². The molecule has 1 N–H and O–H groups in total. The predicted octanol–water partition coefficient (Wildman–Crippen LogP) is 2.69. The third kappa shape index (κ3) is 3.94. The Labute approximate surface area is 133 Å². The molecule has 1 aliphatic carbocycles. The largest absolute Gasteiger partial charge is 0.338 e. The Morgan fingerprint density at radius 1 is 1.36 bits per heavy atom. The molecule has 0 atom stereocenters. The first-order chi connectivity index (χ1) is 10.5. The summed E-state index contributed by atoms with van der Waals surface area (Å²) in [5.74, 6) is 1.28. The summed E-state index contributed by atoms with van der Waals surface area (Å²) >= 11 is 5.96. The van der Waals surface area contributed by atoms with Crippen LogP contribution in [-0.2, 0) is 16.6 Å². The number of halogens is 1. The van der Waals surface area contributed by atoms with E-state index in [0.717, 1.165) is 18.2 Å². The molecule has 1 fully saturated rings. The van der Waals surface area contributed by atoms with Crippen molar-refractivity contribution in [2.45, 2.75) is 25.3 Å². The highest BCUT2D eigenvalue weighted by atomic mass is 35.5. The van der Waals surface area contributed by atoms with Crippen LogP contribution in [0.2, 0.25) is 5.02 Å². The van der Waals surface area contributed by atoms with Gasteiger partial charge in [0.25, 0.3) is 0 Å². The Bertz CT molecular complexity index is 797. The van der Waals surface area contributed by atoms with E-state index in [1.807, 2.05) is 0 Å². The van der Waals surface area contributed by atoms with E-state index in [2.05, 4.69) is 14.9 Å². The molecule has 22 heavy (non-hydrogen) atoms. The first kappa shape index (κ1) is 15.2. The maximum absolute atomic E-state index is 11.9. The van der Waals surface area contributed by atoms with Gasteiger partial charge in [-0.2, -0.15) is 4.98 Å². The number of hydrogen-bond donors (Lipinski definition) is 1. The van der Waals surface area contributed by atoms with Crippen molar-refractivity contribution in [2.24, 2.45) is 0 Å². The fourth-order valence-electron chi connectivity index (χ4n) is 1.83. The molecule has 0 radical (unpaired) electrons. The molecule has 0 aliphatic heterocycles. The van der Waals surface area contributed by atoms with E-state index in [-0.39, 0.29) is 12.4 Å². The van der Waals surface area contributed by atoms with Gasteiger partial charge >= 0.3 is 0 Å². The molecule has 6 nitrogen and oxygen atoms in total. The molecule has 0 unspecified atom stereocenters. The molecule has 1 aliphatic rings. The lowest BCUT2D eigenvalue weighted by atomic mass is 10.2. The standard InChI is InChI=1S/C14H14ClN3O3S/c15-12-4-2-1-3-10(12)7-8-22(19,20)16-9-13-17-14(18-21-13)11-5-6-11/h1-4,7-8,11,16H,5-6,9H2/b8-7+. The lowest BCUT2D eigenvalue weighted by molar-refractivity contribution is 0.370. The van der Waals surface area contributed by atoms with Crippen LogP contribution in [-0.4, -0.2) is 18.6 Å². The quantitative estimate of drug-likeness (QED) is 0.874. The fourth-order valence-corrected chi connectivity index (χ4v) is 2.78. The monoisotopic (exact) mass is 339 g/mol. The number of rotatable bonds is 6. The molecule has 1 saturated carbocycles. The Balaban J connectivity index is 1.61. The van der Waals surface area contributed by atoms with Crippen molar-refractivity contribution in [1.82, 2.24) is 14.9 Å². The van der Waals surface area contributed by atoms with Crippen LogP contribution in [0.5, 0.6) is 0 Å². The van der Waals surface area contributed by atoms with Crippen LogP contribution in [0, 0.1) is 0 Å². The molecular formula is C14H14ClN3O3S. The van der Waals surface area contributed by atoms with E-state index < -0.39 is 10.0 Å². The normalized spacial score (nSPS) is 15.5. The number of sulfonamides is 1. The zero-order valence-corrected chi connectivity index (χ0v) is 13.1. The first-order valence-electron chi connectivity index (χ1n) is 6.78. The Morgan fingerprint density at radius 2 is 2.14 bits per heavy atom. The van der Waals surface area contributed by atoms with Crippen molar-refractivity contribution in [3.8, 4) is 0 Å². The molecule has 0 saturated heterocycles. The lowest BCUT2D eigenvalue weighted by Crippen LogP contribution is -2.20. The second-order valence-corrected chi connectivity index (χ2v) is 7.07. The van der Waals surface area contributed by atoms with Crippen molar-refractivity contribution in [3.05, 3.63) is 52.0 Å². The highest BCUT2D eigenvalue weighted by Gasteiger charge is 2.28. The third-order valence-electron chi connectivity index (χ3n) is 3.18. The predicted molar refractivity (Wildman–Crippen MR) is 82.5 cm³/mol. The van der Waals surface area contributed by atoms with Crippen molar-refractivity contribution >= 4 is 27.7 Å². The molecule has 0 spiro atoms. The number of nitrogens with zero attached hydrogens (tertiary/aromatic N) is 2. The average molecular weight is 340 g/mol. The van der Waals surface area contributed by atoms with Gasteiger partial charge in [0.1, 0.15) is 0 Å². The maximum Gasteiger partial charge on any atom is 0.241 e. The van der Waals surface area contributed by atoms with Gasteiger partial charge in [0.05, 0.1) is 6.54 Å². The van der Waals surface area contributed by atoms with E-state index in [1.165, 1.54) is 6.08 Å². The van der Waals surface area contributed by atoms with Gasteiger partial charge in [0, 0.05) is 16.3 Å². The summed E-state index contributed by atoms with van der Waals surface area (Å²) in [5.41, 5.74) is 0.628. The highest BCUT2D eigenvalue weighted by Crippen LogP contribution is 2.38. The minimum absolute atomic E-state index is 0.0328. The third-order valence-corrected chi connectivity index (χ3v) is 4.57. The Hall–Kier alpha value is -1.70. The number of nitrogens with one attached hydrogen (secondary N) is 1. The van der Waals surface area contributed by atoms with Crippen molar-refractivity contribution in [3.63, 3.8) is 0 Å². The number of aromatic nitrogens is 2. The molecular weight excluding hydrogens is 326 g/mol. The van der Waals surface area contributed by atoms with Gasteiger partial charge in [-0.05, 0) is 30.5 Å². The molecule has 3 rings (SSSR count). The van der Waals surface area contributed by atoms with Gasteiger partial charge in [-0.25, -0.2) is 13.1 Å². The van der Waals surface area contributed by atoms with Crippen molar-refractivity contribution in [1.29, 1.82) is 0 Å². The number of hydrogen-bond acceptors (Lipinski definition) is 5. The SMILES string of the molecule is O=S(=O)(/C=C/c1ccccc1Cl)NCc1nc(C2CC2)no1. The molecule has 2 aromatic rings. The summed E-state index contributed by atoms with van der Waals surface area (Å²) in [4.78, 5) is 4.16. The molecule has 0 amide bonds. The molecule has 1 aromatic carbocycles. The maximum atomic E-state index is 11.9. The van der Waals surface area contributed by atoms with E-state index >= 15 is 0 Å². The second-order valence-electron chi connectivity index (χ2n) is 5.01. The fraction of sp³-hybridized carbons (Fsp3) is 0.286. The van der Waals surface area contributed by atoms with E-state index in [0.29, 0.717) is 22.3 Å². The minimum Gasteiger partial charge on any atom is -0.338 e. The van der Waals surface area contributed by atoms with Crippen molar-refractivity contribution in [2.75, 3.05) is 0 Å². The average Bonchev–Trinajstić information content (AvgIpc) is 3.23. The van der Waals surface area contributed by atoms with Crippen LogP contribution >= 0.6 is 11.6 Å². The first-order valence-corrected chi connectivity index (χ1v) is 8.71. The minimum atomic E-state index is -3.61. The van der Waals surface area contributed by atoms with Gasteiger partial charge in [-0.1, -0.05) is 35.0 Å². The summed E-state index contributed by atoms with van der Waals surface area (Å²) < 4.78 is 31.2. The highest BCUT2D eigenvalue weighted by molar-refractivity contribution is 7.92. The van der Waals surface area contributed by atoms with E-state index in [4.69, 9.17) is 16.1 Å². The summed E-state index contributed by atoms with van der Waals surface area (Å²) in [7, 11) is -3.61. The molecule has 0 bridgehead atoms. The van der Waals surface area contributed by atoms with Crippen LogP contribution in [0.3, 0.4) is 0 Å².